The van der Waals surface area contributed by atoms with Crippen molar-refractivity contribution in [1.29, 1.82) is 0 Å². The number of ether oxygens (including phenoxy) is 4. The van der Waals surface area contributed by atoms with Crippen molar-refractivity contribution in [1.82, 2.24) is 9.55 Å². The zero-order valence-corrected chi connectivity index (χ0v) is 21.3. The summed E-state index contributed by atoms with van der Waals surface area (Å²) in [6.07, 6.45) is 0. The van der Waals surface area contributed by atoms with Crippen molar-refractivity contribution in [2.45, 2.75) is 6.54 Å². The molecule has 0 unspecified atom stereocenters. The first-order chi connectivity index (χ1) is 15.5. The standard InChI is InChI=1S/C24H22Br2N2O4/c1-29-20-10-14(9-16(25)22(20)31-3)13-28-19-8-6-5-7-18(19)27-24(28)15-11-17(26)23(32-4)21(12-15)30-2/h5-12H,13H2,1-4H3. The van der Waals surface area contributed by atoms with Crippen molar-refractivity contribution in [2.24, 2.45) is 0 Å². The number of methoxy groups -OCH3 is 4. The van der Waals surface area contributed by atoms with Crippen LogP contribution < -0.4 is 18.9 Å². The number of hydrogen-bond donors (Lipinski definition) is 0. The Hall–Kier alpha value is -2.71. The maximum Gasteiger partial charge on any atom is 0.174 e. The first-order valence-corrected chi connectivity index (χ1v) is 11.4. The minimum absolute atomic E-state index is 0.584. The third kappa shape index (κ3) is 4.04. The van der Waals surface area contributed by atoms with Gasteiger partial charge in [-0.05, 0) is 73.8 Å². The van der Waals surface area contributed by atoms with Gasteiger partial charge in [0.05, 0.1) is 48.4 Å². The van der Waals surface area contributed by atoms with Crippen molar-refractivity contribution in [3.8, 4) is 34.4 Å². The molecule has 4 aromatic rings. The fourth-order valence-corrected chi connectivity index (χ4v) is 5.00. The Morgan fingerprint density at radius 2 is 1.41 bits per heavy atom. The number of rotatable bonds is 7. The SMILES string of the molecule is COc1cc(Cn2c(-c3cc(Br)c(OC)c(OC)c3)nc3ccccc32)cc(Br)c1OC. The summed E-state index contributed by atoms with van der Waals surface area (Å²) in [4.78, 5) is 4.93. The summed E-state index contributed by atoms with van der Waals surface area (Å²) in [5.41, 5.74) is 3.89. The second kappa shape index (κ2) is 9.42. The van der Waals surface area contributed by atoms with Crippen LogP contribution >= 0.6 is 31.9 Å². The van der Waals surface area contributed by atoms with Crippen molar-refractivity contribution in [3.05, 3.63) is 63.0 Å². The lowest BCUT2D eigenvalue weighted by Crippen LogP contribution is -2.04. The Kier molecular flexibility index (Phi) is 6.62. The van der Waals surface area contributed by atoms with Crippen LogP contribution in [0.15, 0.2) is 57.5 Å². The number of aromatic nitrogens is 2. The van der Waals surface area contributed by atoms with Gasteiger partial charge in [0.25, 0.3) is 0 Å². The molecule has 0 N–H and O–H groups in total. The maximum absolute atomic E-state index is 5.55. The van der Waals surface area contributed by atoms with Gasteiger partial charge in [-0.1, -0.05) is 12.1 Å². The van der Waals surface area contributed by atoms with E-state index in [1.807, 2.05) is 42.5 Å². The molecule has 0 saturated carbocycles. The number of halogens is 2. The second-order valence-corrected chi connectivity index (χ2v) is 8.73. The molecule has 0 radical (unpaired) electrons. The molecular weight excluding hydrogens is 540 g/mol. The van der Waals surface area contributed by atoms with Crippen LogP contribution in [-0.4, -0.2) is 38.0 Å². The predicted octanol–water partition coefficient (Wildman–Crippen LogP) is 6.31. The van der Waals surface area contributed by atoms with E-state index >= 15 is 0 Å². The molecule has 0 amide bonds. The van der Waals surface area contributed by atoms with Crippen LogP contribution in [-0.2, 0) is 6.54 Å². The summed E-state index contributed by atoms with van der Waals surface area (Å²) in [5, 5.41) is 0. The topological polar surface area (TPSA) is 54.7 Å². The molecule has 8 heteroatoms. The summed E-state index contributed by atoms with van der Waals surface area (Å²) >= 11 is 7.19. The number of imidazole rings is 1. The fourth-order valence-electron chi connectivity index (χ4n) is 3.75. The number of para-hydroxylation sites is 2. The van der Waals surface area contributed by atoms with Crippen LogP contribution in [0.1, 0.15) is 5.56 Å². The van der Waals surface area contributed by atoms with Gasteiger partial charge in [0.2, 0.25) is 0 Å². The van der Waals surface area contributed by atoms with E-state index in [0.717, 1.165) is 36.9 Å². The van der Waals surface area contributed by atoms with Gasteiger partial charge in [0, 0.05) is 12.1 Å². The number of nitrogens with zero attached hydrogens (tertiary/aromatic N) is 2. The van der Waals surface area contributed by atoms with Crippen LogP contribution in [0, 0.1) is 0 Å². The Balaban J connectivity index is 1.89. The second-order valence-electron chi connectivity index (χ2n) is 7.02. The van der Waals surface area contributed by atoms with Gasteiger partial charge in [-0.3, -0.25) is 0 Å². The summed E-state index contributed by atoms with van der Waals surface area (Å²) in [6.45, 7) is 0.584. The monoisotopic (exact) mass is 560 g/mol. The summed E-state index contributed by atoms with van der Waals surface area (Å²) in [7, 11) is 6.50. The van der Waals surface area contributed by atoms with E-state index in [9.17, 15) is 0 Å². The fraction of sp³-hybridized carbons (Fsp3) is 0.208. The van der Waals surface area contributed by atoms with Crippen molar-refractivity contribution in [2.75, 3.05) is 28.4 Å². The molecule has 0 fully saturated rings. The molecule has 3 aromatic carbocycles. The third-order valence-corrected chi connectivity index (χ3v) is 6.36. The molecular formula is C24H22Br2N2O4. The van der Waals surface area contributed by atoms with Gasteiger partial charge >= 0.3 is 0 Å². The van der Waals surface area contributed by atoms with Gasteiger partial charge in [-0.25, -0.2) is 4.98 Å². The zero-order valence-electron chi connectivity index (χ0n) is 18.1. The van der Waals surface area contributed by atoms with Gasteiger partial charge in [-0.15, -0.1) is 0 Å². The molecule has 0 aliphatic carbocycles. The highest BCUT2D eigenvalue weighted by Gasteiger charge is 2.19. The van der Waals surface area contributed by atoms with Gasteiger partial charge < -0.3 is 23.5 Å². The summed E-state index contributed by atoms with van der Waals surface area (Å²) in [6, 6.07) is 16.0. The van der Waals surface area contributed by atoms with Crippen molar-refractivity contribution < 1.29 is 18.9 Å². The van der Waals surface area contributed by atoms with E-state index in [-0.39, 0.29) is 0 Å². The van der Waals surface area contributed by atoms with Crippen LogP contribution in [0.4, 0.5) is 0 Å². The normalized spacial score (nSPS) is 10.9. The number of benzene rings is 3. The molecule has 1 heterocycles. The molecule has 0 atom stereocenters. The summed E-state index contributed by atoms with van der Waals surface area (Å²) in [5.74, 6) is 3.42. The van der Waals surface area contributed by atoms with E-state index in [2.05, 4.69) is 42.5 Å². The number of fused-ring (bicyclic) bond motifs is 1. The molecule has 4 rings (SSSR count). The van der Waals surface area contributed by atoms with E-state index in [1.165, 1.54) is 0 Å². The largest absolute Gasteiger partial charge is 0.493 e. The van der Waals surface area contributed by atoms with Crippen LogP contribution in [0.3, 0.4) is 0 Å². The lowest BCUT2D eigenvalue weighted by atomic mass is 10.1. The van der Waals surface area contributed by atoms with Crippen molar-refractivity contribution >= 4 is 42.9 Å². The van der Waals surface area contributed by atoms with Crippen LogP contribution in [0.25, 0.3) is 22.4 Å². The molecule has 1 aromatic heterocycles. The van der Waals surface area contributed by atoms with E-state index in [0.29, 0.717) is 29.5 Å². The highest BCUT2D eigenvalue weighted by Crippen LogP contribution is 2.41. The van der Waals surface area contributed by atoms with Crippen LogP contribution in [0.5, 0.6) is 23.0 Å². The molecule has 0 saturated heterocycles. The van der Waals surface area contributed by atoms with Gasteiger partial charge in [0.15, 0.2) is 23.0 Å². The minimum Gasteiger partial charge on any atom is -0.493 e. The van der Waals surface area contributed by atoms with E-state index < -0.39 is 0 Å². The Morgan fingerprint density at radius 3 is 2.06 bits per heavy atom. The van der Waals surface area contributed by atoms with Gasteiger partial charge in [-0.2, -0.15) is 0 Å². The molecule has 32 heavy (non-hydrogen) atoms. The lowest BCUT2D eigenvalue weighted by molar-refractivity contribution is 0.352. The quantitative estimate of drug-likeness (QED) is 0.264. The first-order valence-electron chi connectivity index (χ1n) is 9.78. The average molecular weight is 562 g/mol. The molecule has 166 valence electrons. The molecule has 0 aliphatic heterocycles. The maximum atomic E-state index is 5.55. The average Bonchev–Trinajstić information content (AvgIpc) is 3.16. The van der Waals surface area contributed by atoms with Crippen LogP contribution in [0.2, 0.25) is 0 Å². The van der Waals surface area contributed by atoms with Crippen molar-refractivity contribution in [3.63, 3.8) is 0 Å². The lowest BCUT2D eigenvalue weighted by Gasteiger charge is -2.15. The smallest absolute Gasteiger partial charge is 0.174 e. The van der Waals surface area contributed by atoms with E-state index in [4.69, 9.17) is 23.9 Å². The Bertz CT molecular complexity index is 1290. The van der Waals surface area contributed by atoms with Gasteiger partial charge in [0.1, 0.15) is 5.82 Å². The first kappa shape index (κ1) is 22.5. The predicted molar refractivity (Wildman–Crippen MR) is 132 cm³/mol. The molecule has 0 spiro atoms. The Morgan fingerprint density at radius 1 is 0.781 bits per heavy atom. The highest BCUT2D eigenvalue weighted by atomic mass is 79.9. The molecule has 0 bridgehead atoms. The zero-order chi connectivity index (χ0) is 22.8. The summed E-state index contributed by atoms with van der Waals surface area (Å²) < 4.78 is 25.8. The third-order valence-electron chi connectivity index (χ3n) is 5.18. The van der Waals surface area contributed by atoms with E-state index in [1.54, 1.807) is 28.4 Å². The highest BCUT2D eigenvalue weighted by molar-refractivity contribution is 9.11. The molecule has 0 aliphatic rings. The minimum atomic E-state index is 0.584. The molecule has 6 nitrogen and oxygen atoms in total. The Labute approximate surface area is 203 Å². The number of hydrogen-bond acceptors (Lipinski definition) is 5.